The molecule has 0 bridgehead atoms. The highest BCUT2D eigenvalue weighted by atomic mass is 16.5. The predicted molar refractivity (Wildman–Crippen MR) is 80.8 cm³/mol. The number of aromatic carboxylic acids is 1. The summed E-state index contributed by atoms with van der Waals surface area (Å²) >= 11 is 0. The number of nitrogens with zero attached hydrogens (tertiary/aromatic N) is 1. The Morgan fingerprint density at radius 1 is 1.29 bits per heavy atom. The Hall–Kier alpha value is -2.56. The lowest BCUT2D eigenvalue weighted by molar-refractivity contribution is 0.0693. The fourth-order valence-electron chi connectivity index (χ4n) is 1.98. The van der Waals surface area contributed by atoms with Gasteiger partial charge in [-0.25, -0.2) is 9.78 Å². The molecule has 0 fully saturated rings. The van der Waals surface area contributed by atoms with Crippen LogP contribution in [0.1, 0.15) is 36.7 Å². The van der Waals surface area contributed by atoms with Gasteiger partial charge >= 0.3 is 5.97 Å². The first-order chi connectivity index (χ1) is 9.79. The Bertz CT molecular complexity index is 675. The molecule has 2 aromatic rings. The minimum absolute atomic E-state index is 0.0356. The lowest BCUT2D eigenvalue weighted by atomic mass is 9.86. The maximum atomic E-state index is 11.3. The quantitative estimate of drug-likeness (QED) is 0.902. The highest BCUT2D eigenvalue weighted by Crippen LogP contribution is 2.34. The van der Waals surface area contributed by atoms with E-state index >= 15 is 0 Å². The van der Waals surface area contributed by atoms with Crippen molar-refractivity contribution >= 4 is 11.7 Å². The van der Waals surface area contributed by atoms with Gasteiger partial charge in [0.25, 0.3) is 0 Å². The molecule has 5 nitrogen and oxygen atoms in total. The number of pyridine rings is 1. The van der Waals surface area contributed by atoms with Crippen LogP contribution in [-0.4, -0.2) is 16.1 Å². The zero-order valence-corrected chi connectivity index (χ0v) is 12.3. The summed E-state index contributed by atoms with van der Waals surface area (Å²) in [4.78, 5) is 15.3. The molecule has 0 aliphatic heterocycles. The largest absolute Gasteiger partial charge is 0.477 e. The number of carbonyl (C=O) groups is 1. The number of carboxylic acid groups (broad SMARTS) is 1. The van der Waals surface area contributed by atoms with Gasteiger partial charge in [-0.15, -0.1) is 0 Å². The van der Waals surface area contributed by atoms with Crippen molar-refractivity contribution in [2.45, 2.75) is 26.2 Å². The highest BCUT2D eigenvalue weighted by molar-refractivity contribution is 5.91. The molecular weight excluding hydrogens is 268 g/mol. The number of nitrogens with two attached hydrogens (primary N) is 1. The first kappa shape index (κ1) is 14.8. The molecule has 0 radical (unpaired) electrons. The number of hydrogen-bond acceptors (Lipinski definition) is 4. The molecule has 21 heavy (non-hydrogen) atoms. The van der Waals surface area contributed by atoms with E-state index in [0.29, 0.717) is 5.75 Å². The lowest BCUT2D eigenvalue weighted by Gasteiger charge is -2.22. The van der Waals surface area contributed by atoms with Crippen LogP contribution in [0.2, 0.25) is 0 Å². The van der Waals surface area contributed by atoms with Gasteiger partial charge in [0.2, 0.25) is 5.88 Å². The van der Waals surface area contributed by atoms with Gasteiger partial charge in [0.05, 0.1) is 11.9 Å². The van der Waals surface area contributed by atoms with Gasteiger partial charge in [0.1, 0.15) is 11.3 Å². The average molecular weight is 286 g/mol. The van der Waals surface area contributed by atoms with Crippen molar-refractivity contribution in [3.8, 4) is 11.6 Å². The van der Waals surface area contributed by atoms with Gasteiger partial charge in [-0.2, -0.15) is 0 Å². The van der Waals surface area contributed by atoms with Gasteiger partial charge < -0.3 is 15.6 Å². The van der Waals surface area contributed by atoms with Crippen molar-refractivity contribution < 1.29 is 14.6 Å². The number of hydrogen-bond donors (Lipinski definition) is 2. The van der Waals surface area contributed by atoms with E-state index in [2.05, 4.69) is 25.8 Å². The van der Waals surface area contributed by atoms with Crippen LogP contribution in [0.15, 0.2) is 36.5 Å². The maximum Gasteiger partial charge on any atom is 0.341 e. The van der Waals surface area contributed by atoms with E-state index in [1.807, 2.05) is 18.2 Å². The third-order valence-corrected chi connectivity index (χ3v) is 3.00. The summed E-state index contributed by atoms with van der Waals surface area (Å²) in [5, 5.41) is 9.22. The van der Waals surface area contributed by atoms with Crippen molar-refractivity contribution in [1.29, 1.82) is 0 Å². The smallest absolute Gasteiger partial charge is 0.341 e. The summed E-state index contributed by atoms with van der Waals surface area (Å²) in [7, 11) is 0. The number of anilines is 1. The van der Waals surface area contributed by atoms with Gasteiger partial charge in [-0.3, -0.25) is 0 Å². The average Bonchev–Trinajstić information content (AvgIpc) is 2.40. The number of rotatable bonds is 3. The van der Waals surface area contributed by atoms with E-state index < -0.39 is 5.97 Å². The lowest BCUT2D eigenvalue weighted by Crippen LogP contribution is -2.13. The zero-order valence-electron chi connectivity index (χ0n) is 12.3. The summed E-state index contributed by atoms with van der Waals surface area (Å²) in [6, 6.07) is 8.84. The van der Waals surface area contributed by atoms with Crippen LogP contribution in [0.5, 0.6) is 11.6 Å². The molecule has 0 saturated carbocycles. The second-order valence-corrected chi connectivity index (χ2v) is 5.77. The molecule has 5 heteroatoms. The van der Waals surface area contributed by atoms with Crippen LogP contribution in [0.4, 0.5) is 5.69 Å². The molecule has 3 N–H and O–H groups in total. The molecular formula is C16H18N2O3. The molecule has 1 heterocycles. The Labute approximate surface area is 123 Å². The second kappa shape index (κ2) is 5.44. The molecule has 2 rings (SSSR count). The van der Waals surface area contributed by atoms with E-state index in [1.54, 1.807) is 6.07 Å². The van der Waals surface area contributed by atoms with Crippen LogP contribution in [0, 0.1) is 0 Å². The SMILES string of the molecule is CC(C)(C)c1ccccc1Oc1ncc(N)cc1C(=O)O. The molecule has 1 aromatic heterocycles. The fourth-order valence-corrected chi connectivity index (χ4v) is 1.98. The molecule has 0 atom stereocenters. The number of carboxylic acids is 1. The van der Waals surface area contributed by atoms with Crippen molar-refractivity contribution in [3.05, 3.63) is 47.7 Å². The molecule has 0 aliphatic carbocycles. The van der Waals surface area contributed by atoms with E-state index in [4.69, 9.17) is 10.5 Å². The minimum Gasteiger partial charge on any atom is -0.477 e. The van der Waals surface area contributed by atoms with Crippen LogP contribution in [0.25, 0.3) is 0 Å². The summed E-state index contributed by atoms with van der Waals surface area (Å²) < 4.78 is 5.74. The van der Waals surface area contributed by atoms with Crippen molar-refractivity contribution in [3.63, 3.8) is 0 Å². The first-order valence-corrected chi connectivity index (χ1v) is 6.55. The molecule has 0 spiro atoms. The molecule has 110 valence electrons. The van der Waals surface area contributed by atoms with Crippen LogP contribution < -0.4 is 10.5 Å². The zero-order chi connectivity index (χ0) is 15.6. The van der Waals surface area contributed by atoms with E-state index in [1.165, 1.54) is 12.3 Å². The predicted octanol–water partition coefficient (Wildman–Crippen LogP) is 3.45. The van der Waals surface area contributed by atoms with Crippen molar-refractivity contribution in [1.82, 2.24) is 4.98 Å². The highest BCUT2D eigenvalue weighted by Gasteiger charge is 2.21. The fraction of sp³-hybridized carbons (Fsp3) is 0.250. The number of ether oxygens (including phenoxy) is 1. The molecule has 0 amide bonds. The number of aromatic nitrogens is 1. The summed E-state index contributed by atoms with van der Waals surface area (Å²) in [5.74, 6) is -0.504. The van der Waals surface area contributed by atoms with Crippen molar-refractivity contribution in [2.75, 3.05) is 5.73 Å². The summed E-state index contributed by atoms with van der Waals surface area (Å²) in [6.45, 7) is 6.18. The Morgan fingerprint density at radius 2 is 1.95 bits per heavy atom. The molecule has 0 unspecified atom stereocenters. The minimum atomic E-state index is -1.13. The molecule has 1 aromatic carbocycles. The van der Waals surface area contributed by atoms with Gasteiger partial charge in [-0.1, -0.05) is 39.0 Å². The van der Waals surface area contributed by atoms with Crippen LogP contribution in [0.3, 0.4) is 0 Å². The second-order valence-electron chi connectivity index (χ2n) is 5.77. The molecule has 0 saturated heterocycles. The Balaban J connectivity index is 2.47. The Kier molecular flexibility index (Phi) is 3.84. The van der Waals surface area contributed by atoms with Gasteiger partial charge in [0, 0.05) is 5.56 Å². The normalized spacial score (nSPS) is 11.2. The Morgan fingerprint density at radius 3 is 2.57 bits per heavy atom. The standard InChI is InChI=1S/C16H18N2O3/c1-16(2,3)12-6-4-5-7-13(12)21-14-11(15(19)20)8-10(17)9-18-14/h4-9H,17H2,1-3H3,(H,19,20). The topological polar surface area (TPSA) is 85.4 Å². The number of benzene rings is 1. The number of para-hydroxylation sites is 1. The summed E-state index contributed by atoms with van der Waals surface area (Å²) in [6.07, 6.45) is 1.38. The van der Waals surface area contributed by atoms with Gasteiger partial charge in [0.15, 0.2) is 0 Å². The van der Waals surface area contributed by atoms with Crippen molar-refractivity contribution in [2.24, 2.45) is 0 Å². The number of nitrogen functional groups attached to an aromatic ring is 1. The van der Waals surface area contributed by atoms with E-state index in [9.17, 15) is 9.90 Å². The monoisotopic (exact) mass is 286 g/mol. The van der Waals surface area contributed by atoms with E-state index in [0.717, 1.165) is 5.56 Å². The van der Waals surface area contributed by atoms with Crippen LogP contribution >= 0.6 is 0 Å². The third kappa shape index (κ3) is 3.31. The van der Waals surface area contributed by atoms with Crippen LogP contribution in [-0.2, 0) is 5.41 Å². The van der Waals surface area contributed by atoms with Gasteiger partial charge in [-0.05, 0) is 17.5 Å². The van der Waals surface area contributed by atoms with E-state index in [-0.39, 0.29) is 22.5 Å². The maximum absolute atomic E-state index is 11.3. The molecule has 0 aliphatic rings. The summed E-state index contributed by atoms with van der Waals surface area (Å²) in [5.41, 5.74) is 6.64. The third-order valence-electron chi connectivity index (χ3n) is 3.00. The first-order valence-electron chi connectivity index (χ1n) is 6.55.